The van der Waals surface area contributed by atoms with Crippen LogP contribution in [-0.4, -0.2) is 51.6 Å². The van der Waals surface area contributed by atoms with E-state index in [1.807, 2.05) is 23.5 Å². The number of pyridine rings is 1. The molecule has 3 rings (SSSR count). The molecular weight excluding hydrogens is 328 g/mol. The lowest BCUT2D eigenvalue weighted by molar-refractivity contribution is 0.200. The summed E-state index contributed by atoms with van der Waals surface area (Å²) in [6, 6.07) is 2.37. The van der Waals surface area contributed by atoms with Crippen molar-refractivity contribution in [2.45, 2.75) is 39.8 Å². The van der Waals surface area contributed by atoms with E-state index in [4.69, 9.17) is 0 Å². The molecule has 0 spiro atoms. The van der Waals surface area contributed by atoms with Gasteiger partial charge in [-0.25, -0.2) is 9.78 Å². The molecule has 1 aliphatic heterocycles. The molecule has 2 aromatic heterocycles. The molecule has 26 heavy (non-hydrogen) atoms. The highest BCUT2D eigenvalue weighted by atomic mass is 16.2. The van der Waals surface area contributed by atoms with Gasteiger partial charge in [0, 0.05) is 62.7 Å². The monoisotopic (exact) mass is 356 g/mol. The summed E-state index contributed by atoms with van der Waals surface area (Å²) in [6.07, 6.45) is 8.40. The summed E-state index contributed by atoms with van der Waals surface area (Å²) < 4.78 is 2.08. The zero-order chi connectivity index (χ0) is 18.5. The van der Waals surface area contributed by atoms with Gasteiger partial charge in [-0.2, -0.15) is 0 Å². The van der Waals surface area contributed by atoms with E-state index in [0.717, 1.165) is 31.9 Å². The highest BCUT2D eigenvalue weighted by molar-refractivity contribution is 5.74. The van der Waals surface area contributed by atoms with E-state index >= 15 is 0 Å². The van der Waals surface area contributed by atoms with Gasteiger partial charge in [0.15, 0.2) is 0 Å². The number of hydrogen-bond acceptors (Lipinski definition) is 4. The van der Waals surface area contributed by atoms with Crippen LogP contribution >= 0.6 is 0 Å². The van der Waals surface area contributed by atoms with Crippen molar-refractivity contribution in [1.82, 2.24) is 24.8 Å². The van der Waals surface area contributed by atoms with Crippen LogP contribution in [0.2, 0.25) is 0 Å². The number of nitrogens with one attached hydrogen (secondary N) is 1. The lowest BCUT2D eigenvalue weighted by Crippen LogP contribution is -2.42. The molecule has 7 heteroatoms. The molecule has 0 radical (unpaired) electrons. The third-order valence-electron chi connectivity index (χ3n) is 4.82. The van der Waals surface area contributed by atoms with Crippen molar-refractivity contribution < 1.29 is 4.79 Å². The Balaban J connectivity index is 1.56. The molecule has 2 aromatic rings. The summed E-state index contributed by atoms with van der Waals surface area (Å²) in [5.74, 6) is 0.886. The largest absolute Gasteiger partial charge is 0.369 e. The maximum atomic E-state index is 12.6. The zero-order valence-electron chi connectivity index (χ0n) is 15.9. The molecule has 7 nitrogen and oxygen atoms in total. The van der Waals surface area contributed by atoms with Crippen LogP contribution in [0.5, 0.6) is 0 Å². The molecule has 0 saturated carbocycles. The van der Waals surface area contributed by atoms with Crippen molar-refractivity contribution in [3.05, 3.63) is 42.2 Å². The van der Waals surface area contributed by atoms with E-state index in [9.17, 15) is 4.79 Å². The number of aryl methyl sites for hydroxylation is 1. The van der Waals surface area contributed by atoms with Gasteiger partial charge in [-0.05, 0) is 38.8 Å². The van der Waals surface area contributed by atoms with Gasteiger partial charge in [-0.3, -0.25) is 4.98 Å². The summed E-state index contributed by atoms with van der Waals surface area (Å²) in [6.45, 7) is 10.0. The van der Waals surface area contributed by atoms with Gasteiger partial charge in [0.1, 0.15) is 5.82 Å². The summed E-state index contributed by atoms with van der Waals surface area (Å²) >= 11 is 0. The fourth-order valence-electron chi connectivity index (χ4n) is 3.40. The predicted molar refractivity (Wildman–Crippen MR) is 102 cm³/mol. The maximum absolute atomic E-state index is 12.6. The number of urea groups is 1. The van der Waals surface area contributed by atoms with Crippen molar-refractivity contribution in [2.75, 3.05) is 31.1 Å². The van der Waals surface area contributed by atoms with Gasteiger partial charge in [0.05, 0.1) is 6.54 Å². The minimum absolute atomic E-state index is 0.0170. The predicted octanol–water partition coefficient (Wildman–Crippen LogP) is 2.59. The number of amides is 2. The number of rotatable bonds is 4. The van der Waals surface area contributed by atoms with Crippen molar-refractivity contribution in [2.24, 2.45) is 0 Å². The van der Waals surface area contributed by atoms with Gasteiger partial charge < -0.3 is 19.7 Å². The summed E-state index contributed by atoms with van der Waals surface area (Å²) in [5, 5.41) is 3.02. The Morgan fingerprint density at radius 1 is 1.23 bits per heavy atom. The van der Waals surface area contributed by atoms with Gasteiger partial charge in [0.25, 0.3) is 0 Å². The Morgan fingerprint density at radius 3 is 2.85 bits per heavy atom. The Kier molecular flexibility index (Phi) is 5.75. The highest BCUT2D eigenvalue weighted by Gasteiger charge is 2.20. The molecule has 3 heterocycles. The minimum Gasteiger partial charge on any atom is -0.369 e. The molecule has 140 valence electrons. The van der Waals surface area contributed by atoms with Crippen LogP contribution in [0.1, 0.15) is 37.7 Å². The van der Waals surface area contributed by atoms with Crippen LogP contribution in [0.25, 0.3) is 0 Å². The highest BCUT2D eigenvalue weighted by Crippen LogP contribution is 2.20. The van der Waals surface area contributed by atoms with Gasteiger partial charge in [-0.15, -0.1) is 0 Å². The van der Waals surface area contributed by atoms with E-state index in [-0.39, 0.29) is 6.03 Å². The number of nitrogens with zero attached hydrogens (tertiary/aromatic N) is 5. The quantitative estimate of drug-likeness (QED) is 0.914. The number of carbonyl (C=O) groups is 1. The third-order valence-corrected chi connectivity index (χ3v) is 4.82. The average molecular weight is 356 g/mol. The molecular formula is C19H28N6O. The fourth-order valence-corrected chi connectivity index (χ4v) is 3.40. The lowest BCUT2D eigenvalue weighted by Gasteiger charge is -2.25. The second-order valence-electron chi connectivity index (χ2n) is 6.99. The van der Waals surface area contributed by atoms with E-state index < -0.39 is 0 Å². The van der Waals surface area contributed by atoms with E-state index in [1.165, 1.54) is 11.3 Å². The second kappa shape index (κ2) is 8.21. The molecule has 0 unspecified atom stereocenters. The van der Waals surface area contributed by atoms with E-state index in [1.54, 1.807) is 6.20 Å². The smallest absolute Gasteiger partial charge is 0.317 e. The normalized spacial score (nSPS) is 15.2. The minimum atomic E-state index is -0.0170. The van der Waals surface area contributed by atoms with Crippen LogP contribution in [0.4, 0.5) is 10.5 Å². The van der Waals surface area contributed by atoms with Crippen molar-refractivity contribution >= 4 is 11.7 Å². The number of aromatic nitrogens is 3. The molecule has 2 amide bonds. The Hall–Kier alpha value is -2.57. The summed E-state index contributed by atoms with van der Waals surface area (Å²) in [4.78, 5) is 25.3. The number of carbonyl (C=O) groups excluding carboxylic acids is 1. The molecule has 1 fully saturated rings. The standard InChI is InChI=1S/C19H28N6O/c1-15(2)25-10-7-21-18(25)14-22-19(26)24-9-4-8-23(11-12-24)17-5-6-20-13-16(17)3/h5-7,10,13,15H,4,8-9,11-12,14H2,1-3H3,(H,22,26). The van der Waals surface area contributed by atoms with Crippen LogP contribution in [-0.2, 0) is 6.54 Å². The molecule has 0 aromatic carbocycles. The molecule has 1 saturated heterocycles. The van der Waals surface area contributed by atoms with E-state index in [2.05, 4.69) is 51.6 Å². The molecule has 0 bridgehead atoms. The van der Waals surface area contributed by atoms with Crippen LogP contribution in [0.3, 0.4) is 0 Å². The van der Waals surface area contributed by atoms with Crippen LogP contribution in [0, 0.1) is 6.92 Å². The van der Waals surface area contributed by atoms with Gasteiger partial charge >= 0.3 is 6.03 Å². The first-order valence-electron chi connectivity index (χ1n) is 9.26. The van der Waals surface area contributed by atoms with Crippen LogP contribution < -0.4 is 10.2 Å². The first-order chi connectivity index (χ1) is 12.6. The first-order valence-corrected chi connectivity index (χ1v) is 9.26. The third kappa shape index (κ3) is 4.15. The molecule has 0 atom stereocenters. The van der Waals surface area contributed by atoms with Crippen molar-refractivity contribution in [3.8, 4) is 0 Å². The molecule has 1 N–H and O–H groups in total. The Bertz CT molecular complexity index is 741. The van der Waals surface area contributed by atoms with Crippen molar-refractivity contribution in [1.29, 1.82) is 0 Å². The SMILES string of the molecule is Cc1cnccc1N1CCCN(C(=O)NCc2nccn2C(C)C)CC1. The van der Waals surface area contributed by atoms with Gasteiger partial charge in [0.2, 0.25) is 0 Å². The first kappa shape index (κ1) is 18.2. The topological polar surface area (TPSA) is 66.3 Å². The number of anilines is 1. The average Bonchev–Trinajstić information content (AvgIpc) is 2.97. The summed E-state index contributed by atoms with van der Waals surface area (Å²) in [7, 11) is 0. The van der Waals surface area contributed by atoms with Gasteiger partial charge in [-0.1, -0.05) is 0 Å². The fraction of sp³-hybridized carbons (Fsp3) is 0.526. The van der Waals surface area contributed by atoms with Crippen molar-refractivity contribution in [3.63, 3.8) is 0 Å². The Morgan fingerprint density at radius 2 is 2.08 bits per heavy atom. The second-order valence-corrected chi connectivity index (χ2v) is 6.99. The Labute approximate surface area is 155 Å². The number of hydrogen-bond donors (Lipinski definition) is 1. The zero-order valence-corrected chi connectivity index (χ0v) is 15.9. The van der Waals surface area contributed by atoms with Crippen LogP contribution in [0.15, 0.2) is 30.9 Å². The number of imidazole rings is 1. The molecule has 0 aliphatic carbocycles. The maximum Gasteiger partial charge on any atom is 0.317 e. The lowest BCUT2D eigenvalue weighted by atomic mass is 10.2. The molecule has 1 aliphatic rings. The van der Waals surface area contributed by atoms with E-state index in [0.29, 0.717) is 19.1 Å². The summed E-state index contributed by atoms with van der Waals surface area (Å²) in [5.41, 5.74) is 2.38.